The van der Waals surface area contributed by atoms with Crippen LogP contribution in [0.1, 0.15) is 42.6 Å². The molecule has 2 saturated heterocycles. The molecule has 0 radical (unpaired) electrons. The van der Waals surface area contributed by atoms with E-state index < -0.39 is 0 Å². The van der Waals surface area contributed by atoms with Crippen LogP contribution in [0.15, 0.2) is 36.7 Å². The molecule has 1 amide bonds. The first kappa shape index (κ1) is 18.0. The van der Waals surface area contributed by atoms with Crippen molar-refractivity contribution in [1.29, 1.82) is 0 Å². The Hall–Kier alpha value is -2.43. The number of amides is 1. The quantitative estimate of drug-likeness (QED) is 0.836. The average Bonchev–Trinajstić information content (AvgIpc) is 2.65. The number of aromatic nitrogens is 2. The van der Waals surface area contributed by atoms with Crippen molar-refractivity contribution in [1.82, 2.24) is 14.9 Å². The molecule has 5 nitrogen and oxygen atoms in total. The topological polar surface area (TPSA) is 49.3 Å². The molecule has 2 aromatic rings. The highest BCUT2D eigenvalue weighted by atomic mass is 16.2. The minimum absolute atomic E-state index is 0.199. The van der Waals surface area contributed by atoms with Gasteiger partial charge in [0.2, 0.25) is 5.91 Å². The van der Waals surface area contributed by atoms with Crippen molar-refractivity contribution in [2.45, 2.75) is 46.1 Å². The number of piperidine rings is 2. The Kier molecular flexibility index (Phi) is 4.85. The molecule has 142 valence electrons. The van der Waals surface area contributed by atoms with Crippen LogP contribution in [0, 0.1) is 19.3 Å². The van der Waals surface area contributed by atoms with Gasteiger partial charge in [-0.2, -0.15) is 0 Å². The zero-order chi connectivity index (χ0) is 18.9. The summed E-state index contributed by atoms with van der Waals surface area (Å²) in [7, 11) is 0. The molecule has 1 unspecified atom stereocenters. The molecule has 4 heterocycles. The summed E-state index contributed by atoms with van der Waals surface area (Å²) in [4.78, 5) is 25.7. The molecule has 1 atom stereocenters. The molecule has 5 heteroatoms. The maximum Gasteiger partial charge on any atom is 0.222 e. The number of carbonyl (C=O) groups is 1. The molecule has 1 spiro atoms. The van der Waals surface area contributed by atoms with Crippen LogP contribution in [0.2, 0.25) is 0 Å². The zero-order valence-corrected chi connectivity index (χ0v) is 16.3. The van der Waals surface area contributed by atoms with E-state index in [0.29, 0.717) is 13.0 Å². The van der Waals surface area contributed by atoms with Crippen LogP contribution in [0.25, 0.3) is 0 Å². The van der Waals surface area contributed by atoms with Crippen molar-refractivity contribution in [2.24, 2.45) is 5.41 Å². The first-order valence-corrected chi connectivity index (χ1v) is 9.90. The van der Waals surface area contributed by atoms with E-state index >= 15 is 0 Å². The van der Waals surface area contributed by atoms with E-state index in [9.17, 15) is 4.79 Å². The van der Waals surface area contributed by atoms with Gasteiger partial charge in [0.25, 0.3) is 0 Å². The van der Waals surface area contributed by atoms with Gasteiger partial charge in [0.15, 0.2) is 0 Å². The number of nitrogens with zero attached hydrogens (tertiary/aromatic N) is 4. The van der Waals surface area contributed by atoms with Crippen molar-refractivity contribution in [2.75, 3.05) is 24.5 Å². The van der Waals surface area contributed by atoms with Gasteiger partial charge in [-0.1, -0.05) is 0 Å². The number of pyridine rings is 2. The van der Waals surface area contributed by atoms with E-state index in [0.717, 1.165) is 43.0 Å². The summed E-state index contributed by atoms with van der Waals surface area (Å²) in [6, 6.07) is 8.39. The molecule has 2 fully saturated rings. The molecule has 0 N–H and O–H groups in total. The van der Waals surface area contributed by atoms with Gasteiger partial charge < -0.3 is 9.80 Å². The van der Waals surface area contributed by atoms with Gasteiger partial charge in [-0.15, -0.1) is 0 Å². The predicted octanol–water partition coefficient (Wildman–Crippen LogP) is 3.50. The summed E-state index contributed by atoms with van der Waals surface area (Å²) in [6.45, 7) is 7.78. The Morgan fingerprint density at radius 3 is 2.56 bits per heavy atom. The molecular formula is C22H28N4O. The molecule has 0 saturated carbocycles. The molecule has 2 aliphatic rings. The predicted molar refractivity (Wildman–Crippen MR) is 106 cm³/mol. The van der Waals surface area contributed by atoms with Gasteiger partial charge in [0, 0.05) is 67.5 Å². The summed E-state index contributed by atoms with van der Waals surface area (Å²) >= 11 is 0. The molecule has 0 bridgehead atoms. The number of hydrogen-bond donors (Lipinski definition) is 0. The number of hydrogen-bond acceptors (Lipinski definition) is 4. The van der Waals surface area contributed by atoms with Crippen LogP contribution in [-0.4, -0.2) is 40.4 Å². The van der Waals surface area contributed by atoms with Crippen LogP contribution in [0.4, 0.5) is 5.69 Å². The lowest BCUT2D eigenvalue weighted by molar-refractivity contribution is -0.138. The lowest BCUT2D eigenvalue weighted by atomic mass is 9.73. The Morgan fingerprint density at radius 1 is 1.07 bits per heavy atom. The Morgan fingerprint density at radius 2 is 1.81 bits per heavy atom. The van der Waals surface area contributed by atoms with Crippen molar-refractivity contribution in [3.63, 3.8) is 0 Å². The summed E-state index contributed by atoms with van der Waals surface area (Å²) in [5.74, 6) is 0.283. The Bertz CT molecular complexity index is 802. The van der Waals surface area contributed by atoms with Crippen LogP contribution in [0.5, 0.6) is 0 Å². The number of aryl methyl sites for hydroxylation is 2. The van der Waals surface area contributed by atoms with Crippen molar-refractivity contribution >= 4 is 11.6 Å². The number of likely N-dealkylation sites (tertiary alicyclic amines) is 1. The number of rotatable bonds is 3. The SMILES string of the molecule is Cc1cc(N2CCCC3(CCC(=O)N(Cc4ccncc4)C3)C2)cc(C)n1. The van der Waals surface area contributed by atoms with Gasteiger partial charge in [-0.05, 0) is 62.9 Å². The molecule has 4 rings (SSSR count). The molecular weight excluding hydrogens is 336 g/mol. The fraction of sp³-hybridized carbons (Fsp3) is 0.500. The maximum atomic E-state index is 12.6. The molecule has 0 aliphatic carbocycles. The van der Waals surface area contributed by atoms with Crippen molar-refractivity contribution in [3.8, 4) is 0 Å². The van der Waals surface area contributed by atoms with Gasteiger partial charge in [-0.3, -0.25) is 14.8 Å². The van der Waals surface area contributed by atoms with Crippen LogP contribution < -0.4 is 4.90 Å². The van der Waals surface area contributed by atoms with E-state index in [-0.39, 0.29) is 11.3 Å². The number of anilines is 1. The van der Waals surface area contributed by atoms with E-state index in [1.165, 1.54) is 18.5 Å². The summed E-state index contributed by atoms with van der Waals surface area (Å²) in [5, 5.41) is 0. The fourth-order valence-corrected chi connectivity index (χ4v) is 4.71. The third-order valence-electron chi connectivity index (χ3n) is 5.96. The lowest BCUT2D eigenvalue weighted by Gasteiger charge is -2.49. The smallest absolute Gasteiger partial charge is 0.222 e. The van der Waals surface area contributed by atoms with E-state index in [1.54, 1.807) is 12.4 Å². The van der Waals surface area contributed by atoms with Crippen molar-refractivity contribution < 1.29 is 4.79 Å². The van der Waals surface area contributed by atoms with Gasteiger partial charge in [0.05, 0.1) is 0 Å². The normalized spacial score (nSPS) is 23.1. The van der Waals surface area contributed by atoms with Gasteiger partial charge in [-0.25, -0.2) is 0 Å². The highest BCUT2D eigenvalue weighted by molar-refractivity contribution is 5.77. The Balaban J connectivity index is 1.52. The Labute approximate surface area is 161 Å². The van der Waals surface area contributed by atoms with Gasteiger partial charge >= 0.3 is 0 Å². The highest BCUT2D eigenvalue weighted by Crippen LogP contribution is 2.40. The minimum Gasteiger partial charge on any atom is -0.371 e. The second kappa shape index (κ2) is 7.29. The maximum absolute atomic E-state index is 12.6. The third-order valence-corrected chi connectivity index (χ3v) is 5.96. The largest absolute Gasteiger partial charge is 0.371 e. The van der Waals surface area contributed by atoms with E-state index in [4.69, 9.17) is 0 Å². The second-order valence-corrected chi connectivity index (χ2v) is 8.24. The minimum atomic E-state index is 0.199. The second-order valence-electron chi connectivity index (χ2n) is 8.24. The van der Waals surface area contributed by atoms with Crippen molar-refractivity contribution in [3.05, 3.63) is 53.6 Å². The summed E-state index contributed by atoms with van der Waals surface area (Å²) < 4.78 is 0. The molecule has 0 aromatic carbocycles. The highest BCUT2D eigenvalue weighted by Gasteiger charge is 2.41. The first-order valence-electron chi connectivity index (χ1n) is 9.90. The molecule has 27 heavy (non-hydrogen) atoms. The number of carbonyl (C=O) groups excluding carboxylic acids is 1. The third kappa shape index (κ3) is 3.97. The fourth-order valence-electron chi connectivity index (χ4n) is 4.71. The lowest BCUT2D eigenvalue weighted by Crippen LogP contribution is -2.53. The van der Waals surface area contributed by atoms with E-state index in [2.05, 4.69) is 45.7 Å². The summed E-state index contributed by atoms with van der Waals surface area (Å²) in [5.41, 5.74) is 4.77. The zero-order valence-electron chi connectivity index (χ0n) is 16.3. The standard InChI is InChI=1S/C22H28N4O/c1-17-12-20(13-18(2)24-17)25-11-3-7-22(15-25)8-4-21(27)26(16-22)14-19-5-9-23-10-6-19/h5-6,9-10,12-13H,3-4,7-8,11,14-16H2,1-2H3. The molecule has 2 aromatic heterocycles. The van der Waals surface area contributed by atoms with Gasteiger partial charge in [0.1, 0.15) is 0 Å². The summed E-state index contributed by atoms with van der Waals surface area (Å²) in [6.07, 6.45) is 7.64. The average molecular weight is 364 g/mol. The monoisotopic (exact) mass is 364 g/mol. The van der Waals surface area contributed by atoms with E-state index in [1.807, 2.05) is 12.1 Å². The van der Waals surface area contributed by atoms with Crippen LogP contribution >= 0.6 is 0 Å². The first-order chi connectivity index (χ1) is 13.0. The molecule has 2 aliphatic heterocycles. The van der Waals surface area contributed by atoms with Crippen LogP contribution in [-0.2, 0) is 11.3 Å². The van der Waals surface area contributed by atoms with Crippen LogP contribution in [0.3, 0.4) is 0 Å².